The molecule has 0 spiro atoms. The Hall–Kier alpha value is -1.60. The van der Waals surface area contributed by atoms with E-state index < -0.39 is 6.36 Å². The van der Waals surface area contributed by atoms with E-state index in [1.54, 1.807) is 0 Å². The third kappa shape index (κ3) is 3.87. The molecule has 0 aliphatic rings. The third-order valence-electron chi connectivity index (χ3n) is 1.67. The molecule has 0 heterocycles. The maximum absolute atomic E-state index is 11.8. The Labute approximate surface area is 89.2 Å². The lowest BCUT2D eigenvalue weighted by atomic mass is 10.1. The maximum atomic E-state index is 11.8. The van der Waals surface area contributed by atoms with Crippen molar-refractivity contribution in [3.8, 4) is 5.75 Å². The summed E-state index contributed by atoms with van der Waals surface area (Å²) in [4.78, 5) is 11.2. The fourth-order valence-corrected chi connectivity index (χ4v) is 1.04. The van der Waals surface area contributed by atoms with Crippen LogP contribution in [0, 0.1) is 0 Å². The Bertz CT molecular complexity index is 362. The summed E-state index contributed by atoms with van der Waals surface area (Å²) in [6, 6.07) is 4.61. The second-order valence-electron chi connectivity index (χ2n) is 2.88. The van der Waals surface area contributed by atoms with Crippen LogP contribution in [0.5, 0.6) is 5.75 Å². The normalized spacial score (nSPS) is 11.2. The molecule has 0 amide bonds. The molecular weight excluding hydrogens is 225 g/mol. The maximum Gasteiger partial charge on any atom is 0.573 e. The molecule has 0 aliphatic heterocycles. The summed E-state index contributed by atoms with van der Waals surface area (Å²) in [6.45, 7) is -0.0839. The number of halogens is 3. The van der Waals surface area contributed by atoms with Crippen molar-refractivity contribution < 1.29 is 22.7 Å². The molecule has 0 aliphatic carbocycles. The van der Waals surface area contributed by atoms with Crippen LogP contribution in [0.4, 0.5) is 13.2 Å². The van der Waals surface area contributed by atoms with E-state index in [9.17, 15) is 18.0 Å². The van der Waals surface area contributed by atoms with E-state index in [1.807, 2.05) is 0 Å². The van der Waals surface area contributed by atoms with E-state index in [1.165, 1.54) is 12.1 Å². The fraction of sp³-hybridized carbons (Fsp3) is 0.222. The van der Waals surface area contributed by atoms with Crippen LogP contribution in [-0.2, 0) is 0 Å². The fourth-order valence-electron chi connectivity index (χ4n) is 1.04. The summed E-state index contributed by atoms with van der Waals surface area (Å²) in [5.41, 5.74) is 2.41. The highest BCUT2D eigenvalue weighted by molar-refractivity contribution is 5.97. The molecule has 0 bridgehead atoms. The van der Waals surface area contributed by atoms with E-state index >= 15 is 0 Å². The SMILES string of the molecule is NNCC(=O)c1ccc(OC(F)(F)F)cc1. The van der Waals surface area contributed by atoms with Crippen LogP contribution in [-0.4, -0.2) is 18.7 Å². The number of rotatable bonds is 4. The van der Waals surface area contributed by atoms with Crippen molar-refractivity contribution in [2.75, 3.05) is 6.54 Å². The van der Waals surface area contributed by atoms with E-state index in [2.05, 4.69) is 10.2 Å². The number of hydrazine groups is 1. The third-order valence-corrected chi connectivity index (χ3v) is 1.67. The Morgan fingerprint density at radius 2 is 1.88 bits per heavy atom. The molecular formula is C9H9F3N2O2. The number of carbonyl (C=O) groups is 1. The van der Waals surface area contributed by atoms with Gasteiger partial charge >= 0.3 is 6.36 Å². The minimum atomic E-state index is -4.73. The van der Waals surface area contributed by atoms with Gasteiger partial charge in [0, 0.05) is 5.56 Å². The Morgan fingerprint density at radius 1 is 1.31 bits per heavy atom. The van der Waals surface area contributed by atoms with E-state index in [-0.39, 0.29) is 23.6 Å². The first-order chi connectivity index (χ1) is 7.42. The summed E-state index contributed by atoms with van der Waals surface area (Å²) in [5.74, 6) is 4.25. The van der Waals surface area contributed by atoms with E-state index in [0.717, 1.165) is 12.1 Å². The molecule has 1 aromatic rings. The highest BCUT2D eigenvalue weighted by Crippen LogP contribution is 2.22. The second-order valence-corrected chi connectivity index (χ2v) is 2.88. The number of nitrogens with one attached hydrogen (secondary N) is 1. The van der Waals surface area contributed by atoms with Gasteiger partial charge in [-0.15, -0.1) is 13.2 Å². The lowest BCUT2D eigenvalue weighted by Gasteiger charge is -2.08. The van der Waals surface area contributed by atoms with Crippen molar-refractivity contribution in [3.05, 3.63) is 29.8 Å². The molecule has 0 radical (unpaired) electrons. The molecule has 3 N–H and O–H groups in total. The zero-order valence-corrected chi connectivity index (χ0v) is 8.04. The van der Waals surface area contributed by atoms with Crippen molar-refractivity contribution in [1.82, 2.24) is 5.43 Å². The number of ether oxygens (including phenoxy) is 1. The van der Waals surface area contributed by atoms with Gasteiger partial charge in [0.25, 0.3) is 0 Å². The van der Waals surface area contributed by atoms with Crippen LogP contribution < -0.4 is 16.0 Å². The van der Waals surface area contributed by atoms with E-state index in [4.69, 9.17) is 5.84 Å². The molecule has 0 aromatic heterocycles. The van der Waals surface area contributed by atoms with Gasteiger partial charge < -0.3 is 4.74 Å². The zero-order chi connectivity index (χ0) is 12.2. The van der Waals surface area contributed by atoms with Crippen molar-refractivity contribution in [2.45, 2.75) is 6.36 Å². The van der Waals surface area contributed by atoms with Crippen molar-refractivity contribution in [2.24, 2.45) is 5.84 Å². The van der Waals surface area contributed by atoms with Gasteiger partial charge in [0.1, 0.15) is 5.75 Å². The topological polar surface area (TPSA) is 64.3 Å². The number of hydrogen-bond acceptors (Lipinski definition) is 4. The number of nitrogens with two attached hydrogens (primary N) is 1. The largest absolute Gasteiger partial charge is 0.573 e. The molecule has 0 atom stereocenters. The predicted molar refractivity (Wildman–Crippen MR) is 49.6 cm³/mol. The van der Waals surface area contributed by atoms with E-state index in [0.29, 0.717) is 0 Å². The number of hydrogen-bond donors (Lipinski definition) is 2. The summed E-state index contributed by atoms with van der Waals surface area (Å²) in [7, 11) is 0. The van der Waals surface area contributed by atoms with Gasteiger partial charge in [-0.2, -0.15) is 0 Å². The number of alkyl halides is 3. The van der Waals surface area contributed by atoms with Gasteiger partial charge in [-0.3, -0.25) is 16.1 Å². The quantitative estimate of drug-likeness (QED) is 0.467. The van der Waals surface area contributed by atoms with Crippen LogP contribution >= 0.6 is 0 Å². The van der Waals surface area contributed by atoms with Gasteiger partial charge in [0.15, 0.2) is 5.78 Å². The Balaban J connectivity index is 2.72. The average Bonchev–Trinajstić information content (AvgIpc) is 2.16. The molecule has 4 nitrogen and oxygen atoms in total. The standard InChI is InChI=1S/C9H9F3N2O2/c10-9(11,12)16-7-3-1-6(2-4-7)8(15)5-14-13/h1-4,14H,5,13H2. The number of benzene rings is 1. The van der Waals surface area contributed by atoms with Crippen LogP contribution in [0.2, 0.25) is 0 Å². The Morgan fingerprint density at radius 3 is 2.31 bits per heavy atom. The van der Waals surface area contributed by atoms with Crippen molar-refractivity contribution >= 4 is 5.78 Å². The number of ketones is 1. The molecule has 0 fully saturated rings. The highest BCUT2D eigenvalue weighted by Gasteiger charge is 2.30. The lowest BCUT2D eigenvalue weighted by molar-refractivity contribution is -0.274. The van der Waals surface area contributed by atoms with Crippen molar-refractivity contribution in [3.63, 3.8) is 0 Å². The minimum Gasteiger partial charge on any atom is -0.406 e. The highest BCUT2D eigenvalue weighted by atomic mass is 19.4. The molecule has 1 rings (SSSR count). The zero-order valence-electron chi connectivity index (χ0n) is 8.04. The lowest BCUT2D eigenvalue weighted by Crippen LogP contribution is -2.28. The van der Waals surface area contributed by atoms with Gasteiger partial charge in [0.2, 0.25) is 0 Å². The van der Waals surface area contributed by atoms with Gasteiger partial charge in [-0.1, -0.05) is 0 Å². The Kier molecular flexibility index (Phi) is 3.86. The van der Waals surface area contributed by atoms with Crippen molar-refractivity contribution in [1.29, 1.82) is 0 Å². The summed E-state index contributed by atoms with van der Waals surface area (Å²) >= 11 is 0. The molecule has 0 unspecified atom stereocenters. The minimum absolute atomic E-state index is 0.0839. The molecule has 1 aromatic carbocycles. The molecule has 7 heteroatoms. The average molecular weight is 234 g/mol. The summed E-state index contributed by atoms with van der Waals surface area (Å²) in [6.07, 6.45) is -4.73. The van der Waals surface area contributed by atoms with Crippen LogP contribution in [0.15, 0.2) is 24.3 Å². The molecule has 88 valence electrons. The smallest absolute Gasteiger partial charge is 0.406 e. The van der Waals surface area contributed by atoms with Gasteiger partial charge in [-0.25, -0.2) is 0 Å². The second kappa shape index (κ2) is 4.95. The summed E-state index contributed by atoms with van der Waals surface area (Å²) < 4.78 is 39.1. The van der Waals surface area contributed by atoms with Gasteiger partial charge in [-0.05, 0) is 24.3 Å². The molecule has 0 saturated heterocycles. The van der Waals surface area contributed by atoms with Crippen LogP contribution in [0.3, 0.4) is 0 Å². The predicted octanol–water partition coefficient (Wildman–Crippen LogP) is 1.23. The molecule has 16 heavy (non-hydrogen) atoms. The van der Waals surface area contributed by atoms with Crippen LogP contribution in [0.25, 0.3) is 0 Å². The number of Topliss-reactive ketones (excluding diaryl/α,β-unsaturated/α-hetero) is 1. The monoisotopic (exact) mass is 234 g/mol. The first kappa shape index (κ1) is 12.5. The van der Waals surface area contributed by atoms with Crippen LogP contribution in [0.1, 0.15) is 10.4 Å². The number of carbonyl (C=O) groups excluding carboxylic acids is 1. The molecule has 0 saturated carbocycles. The summed E-state index contributed by atoms with van der Waals surface area (Å²) in [5, 5.41) is 0. The first-order valence-electron chi connectivity index (χ1n) is 4.25. The first-order valence-corrected chi connectivity index (χ1v) is 4.25. The van der Waals surface area contributed by atoms with Gasteiger partial charge in [0.05, 0.1) is 6.54 Å².